The molecule has 0 unspecified atom stereocenters. The predicted octanol–water partition coefficient (Wildman–Crippen LogP) is 3.63. The Hall–Kier alpha value is -2.51. The maximum Gasteiger partial charge on any atom is 0.218 e. The van der Waals surface area contributed by atoms with Crippen LogP contribution in [0.15, 0.2) is 30.5 Å². The third-order valence-corrected chi connectivity index (χ3v) is 5.14. The number of rotatable bonds is 9. The molecule has 1 aromatic carbocycles. The maximum atomic E-state index is 15.4. The first-order chi connectivity index (χ1) is 13.6. The number of primary amides is 1. The van der Waals surface area contributed by atoms with Gasteiger partial charge in [0.1, 0.15) is 11.6 Å². The molecule has 0 spiro atoms. The first-order valence-electron chi connectivity index (χ1n) is 9.44. The van der Waals surface area contributed by atoms with Gasteiger partial charge in [-0.1, -0.05) is 38.4 Å². The molecule has 1 amide bonds. The number of aromatic nitrogens is 1. The summed E-state index contributed by atoms with van der Waals surface area (Å²) in [5, 5.41) is 3.31. The number of benzene rings is 1. The van der Waals surface area contributed by atoms with Crippen LogP contribution in [-0.4, -0.2) is 22.7 Å². The molecule has 0 aliphatic carbocycles. The lowest BCUT2D eigenvalue weighted by Gasteiger charge is -2.28. The minimum absolute atomic E-state index is 0.0143. The van der Waals surface area contributed by atoms with Crippen LogP contribution < -0.4 is 16.8 Å². The Bertz CT molecular complexity index is 887. The normalized spacial score (nSPS) is 13.3. The van der Waals surface area contributed by atoms with Gasteiger partial charge in [0.2, 0.25) is 5.91 Å². The topological polar surface area (TPSA) is 111 Å². The Morgan fingerprint density at radius 2 is 1.93 bits per heavy atom. The van der Waals surface area contributed by atoms with Crippen LogP contribution in [0.4, 0.5) is 10.2 Å². The van der Waals surface area contributed by atoms with E-state index in [4.69, 9.17) is 23.1 Å². The SMILES string of the molecule is CC[C@@H](N[C@H](CC(N)=O)C(C)C)c1ccc(Cl)c(C(=O)c2ccc(N)nc2)c1F. The van der Waals surface area contributed by atoms with Crippen molar-refractivity contribution >= 4 is 29.1 Å². The molecule has 0 saturated carbocycles. The molecule has 6 nitrogen and oxygen atoms in total. The Labute approximate surface area is 174 Å². The molecule has 0 bridgehead atoms. The van der Waals surface area contributed by atoms with Crippen LogP contribution >= 0.6 is 11.6 Å². The lowest BCUT2D eigenvalue weighted by Crippen LogP contribution is -2.40. The van der Waals surface area contributed by atoms with Crippen molar-refractivity contribution in [2.75, 3.05) is 5.73 Å². The quantitative estimate of drug-likeness (QED) is 0.536. The highest BCUT2D eigenvalue weighted by molar-refractivity contribution is 6.35. The zero-order valence-electron chi connectivity index (χ0n) is 16.7. The molecule has 1 heterocycles. The number of hydrogen-bond donors (Lipinski definition) is 3. The lowest BCUT2D eigenvalue weighted by molar-refractivity contribution is -0.118. The van der Waals surface area contributed by atoms with Gasteiger partial charge in [0, 0.05) is 35.8 Å². The summed E-state index contributed by atoms with van der Waals surface area (Å²) >= 11 is 6.16. The number of pyridine rings is 1. The zero-order chi connectivity index (χ0) is 21.7. The molecule has 0 fully saturated rings. The fraction of sp³-hybridized carbons (Fsp3) is 0.381. The van der Waals surface area contributed by atoms with Crippen LogP contribution in [-0.2, 0) is 4.79 Å². The van der Waals surface area contributed by atoms with E-state index in [0.717, 1.165) is 0 Å². The standard InChI is InChI=1S/C21H26ClFN4O2/c1-4-15(27-16(11(2)3)9-18(25)28)13-6-7-14(22)19(20(13)23)21(29)12-5-8-17(24)26-10-12/h5-8,10-11,15-16,27H,4,9H2,1-3H3,(H2,24,26)(H2,25,28)/t15-,16-/m1/s1. The molecular formula is C21H26ClFN4O2. The van der Waals surface area contributed by atoms with Crippen LogP contribution in [0.25, 0.3) is 0 Å². The number of nitrogen functional groups attached to an aromatic ring is 1. The van der Waals surface area contributed by atoms with Crippen LogP contribution in [0.5, 0.6) is 0 Å². The first-order valence-corrected chi connectivity index (χ1v) is 9.81. The Balaban J connectivity index is 2.42. The summed E-state index contributed by atoms with van der Waals surface area (Å²) in [7, 11) is 0. The number of nitrogens with one attached hydrogen (secondary N) is 1. The van der Waals surface area contributed by atoms with Crippen molar-refractivity contribution in [2.45, 2.75) is 45.7 Å². The summed E-state index contributed by atoms with van der Waals surface area (Å²) in [4.78, 5) is 28.1. The molecule has 29 heavy (non-hydrogen) atoms. The summed E-state index contributed by atoms with van der Waals surface area (Å²) in [6.07, 6.45) is 1.96. The number of nitrogens with two attached hydrogens (primary N) is 2. The van der Waals surface area contributed by atoms with Crippen LogP contribution in [0, 0.1) is 11.7 Å². The number of halogens is 2. The Morgan fingerprint density at radius 1 is 1.24 bits per heavy atom. The van der Waals surface area contributed by atoms with Gasteiger partial charge < -0.3 is 16.8 Å². The minimum atomic E-state index is -0.694. The van der Waals surface area contributed by atoms with Gasteiger partial charge in [-0.05, 0) is 30.5 Å². The summed E-state index contributed by atoms with van der Waals surface area (Å²) in [5.41, 5.74) is 11.2. The van der Waals surface area contributed by atoms with E-state index in [1.165, 1.54) is 24.4 Å². The average molecular weight is 421 g/mol. The highest BCUT2D eigenvalue weighted by Gasteiger charge is 2.26. The molecule has 5 N–H and O–H groups in total. The Kier molecular flexibility index (Phi) is 7.70. The van der Waals surface area contributed by atoms with Crippen LogP contribution in [0.2, 0.25) is 5.02 Å². The number of hydrogen-bond acceptors (Lipinski definition) is 5. The number of nitrogens with zero attached hydrogens (tertiary/aromatic N) is 1. The second-order valence-electron chi connectivity index (χ2n) is 7.27. The second-order valence-corrected chi connectivity index (χ2v) is 7.68. The first kappa shape index (κ1) is 22.8. The zero-order valence-corrected chi connectivity index (χ0v) is 17.5. The van der Waals surface area contributed by atoms with Crippen molar-refractivity contribution in [3.8, 4) is 0 Å². The summed E-state index contributed by atoms with van der Waals surface area (Å²) < 4.78 is 15.4. The monoisotopic (exact) mass is 420 g/mol. The van der Waals surface area contributed by atoms with Gasteiger partial charge in [0.15, 0.2) is 5.78 Å². The summed E-state index contributed by atoms with van der Waals surface area (Å²) in [6, 6.07) is 5.35. The predicted molar refractivity (Wildman–Crippen MR) is 112 cm³/mol. The van der Waals surface area contributed by atoms with Gasteiger partial charge in [0.05, 0.1) is 10.6 Å². The van der Waals surface area contributed by atoms with Gasteiger partial charge in [-0.2, -0.15) is 0 Å². The van der Waals surface area contributed by atoms with Crippen molar-refractivity contribution in [1.29, 1.82) is 0 Å². The van der Waals surface area contributed by atoms with E-state index in [1.54, 1.807) is 6.07 Å². The molecule has 2 rings (SSSR count). The fourth-order valence-electron chi connectivity index (χ4n) is 3.12. The van der Waals surface area contributed by atoms with Crippen LogP contribution in [0.1, 0.15) is 61.1 Å². The molecule has 0 saturated heterocycles. The highest BCUT2D eigenvalue weighted by Crippen LogP contribution is 2.30. The molecule has 2 atom stereocenters. The van der Waals surface area contributed by atoms with Crippen molar-refractivity contribution in [3.63, 3.8) is 0 Å². The molecule has 0 aliphatic rings. The molecule has 0 aliphatic heterocycles. The number of carbonyl (C=O) groups is 2. The van der Waals surface area contributed by atoms with Gasteiger partial charge >= 0.3 is 0 Å². The van der Waals surface area contributed by atoms with E-state index >= 15 is 4.39 Å². The van der Waals surface area contributed by atoms with E-state index in [1.807, 2.05) is 20.8 Å². The van der Waals surface area contributed by atoms with Gasteiger partial charge in [-0.25, -0.2) is 9.37 Å². The third-order valence-electron chi connectivity index (χ3n) is 4.82. The van der Waals surface area contributed by atoms with E-state index in [2.05, 4.69) is 10.3 Å². The van der Waals surface area contributed by atoms with Crippen molar-refractivity contribution in [1.82, 2.24) is 10.3 Å². The molecule has 1 aromatic heterocycles. The fourth-order valence-corrected chi connectivity index (χ4v) is 3.35. The lowest BCUT2D eigenvalue weighted by atomic mass is 9.94. The minimum Gasteiger partial charge on any atom is -0.384 e. The number of ketones is 1. The Morgan fingerprint density at radius 3 is 2.45 bits per heavy atom. The number of anilines is 1. The van der Waals surface area contributed by atoms with Gasteiger partial charge in [0.25, 0.3) is 0 Å². The smallest absolute Gasteiger partial charge is 0.218 e. The third kappa shape index (κ3) is 5.52. The molecular weight excluding hydrogens is 395 g/mol. The van der Waals surface area contributed by atoms with Crippen molar-refractivity contribution in [3.05, 3.63) is 58.0 Å². The molecule has 2 aromatic rings. The molecule has 156 valence electrons. The number of amides is 1. The van der Waals surface area contributed by atoms with Crippen molar-refractivity contribution in [2.24, 2.45) is 11.7 Å². The summed E-state index contributed by atoms with van der Waals surface area (Å²) in [5.74, 6) is -1.34. The average Bonchev–Trinajstić information content (AvgIpc) is 2.65. The van der Waals surface area contributed by atoms with E-state index in [9.17, 15) is 9.59 Å². The summed E-state index contributed by atoms with van der Waals surface area (Å²) in [6.45, 7) is 5.79. The van der Waals surface area contributed by atoms with Gasteiger partial charge in [-0.3, -0.25) is 9.59 Å². The maximum absolute atomic E-state index is 15.4. The van der Waals surface area contributed by atoms with E-state index in [-0.39, 0.29) is 40.3 Å². The van der Waals surface area contributed by atoms with E-state index in [0.29, 0.717) is 12.0 Å². The van der Waals surface area contributed by atoms with Crippen LogP contribution in [0.3, 0.4) is 0 Å². The van der Waals surface area contributed by atoms with Crippen molar-refractivity contribution < 1.29 is 14.0 Å². The van der Waals surface area contributed by atoms with E-state index < -0.39 is 23.5 Å². The highest BCUT2D eigenvalue weighted by atomic mass is 35.5. The van der Waals surface area contributed by atoms with Gasteiger partial charge in [-0.15, -0.1) is 0 Å². The second kappa shape index (κ2) is 9.80. The largest absolute Gasteiger partial charge is 0.384 e. The molecule has 8 heteroatoms. The molecule has 0 radical (unpaired) electrons. The number of carbonyl (C=O) groups excluding carboxylic acids is 2.